The third kappa shape index (κ3) is 4.24. The van der Waals surface area contributed by atoms with E-state index in [1.54, 1.807) is 13.0 Å². The molecule has 0 unspecified atom stereocenters. The number of aromatic nitrogens is 1. The highest BCUT2D eigenvalue weighted by Gasteiger charge is 2.32. The molecule has 7 nitrogen and oxygen atoms in total. The van der Waals surface area contributed by atoms with E-state index in [1.807, 2.05) is 24.3 Å². The van der Waals surface area contributed by atoms with Crippen LogP contribution in [0.4, 0.5) is 5.82 Å². The van der Waals surface area contributed by atoms with Gasteiger partial charge in [-0.3, -0.25) is 9.59 Å². The Kier molecular flexibility index (Phi) is 5.49. The van der Waals surface area contributed by atoms with Gasteiger partial charge in [-0.1, -0.05) is 36.4 Å². The van der Waals surface area contributed by atoms with Gasteiger partial charge in [0.1, 0.15) is 11.9 Å². The Labute approximate surface area is 170 Å². The van der Waals surface area contributed by atoms with Gasteiger partial charge in [-0.15, -0.1) is 0 Å². The number of hydrogen-bond acceptors (Lipinski definition) is 5. The summed E-state index contributed by atoms with van der Waals surface area (Å²) in [6.45, 7) is 2.48. The number of anilines is 1. The van der Waals surface area contributed by atoms with Crippen molar-refractivity contribution >= 4 is 17.6 Å². The summed E-state index contributed by atoms with van der Waals surface area (Å²) in [5.74, 6) is 0.484. The lowest BCUT2D eigenvalue weighted by atomic mass is 9.96. The molecule has 1 fully saturated rings. The molecule has 2 aliphatic rings. The normalized spacial score (nSPS) is 24.0. The Morgan fingerprint density at radius 1 is 1.21 bits per heavy atom. The molecule has 1 saturated heterocycles. The Balaban J connectivity index is 1.30. The summed E-state index contributed by atoms with van der Waals surface area (Å²) in [7, 11) is 0. The van der Waals surface area contributed by atoms with Crippen LogP contribution in [0.25, 0.3) is 0 Å². The van der Waals surface area contributed by atoms with E-state index in [1.165, 1.54) is 5.56 Å². The molecule has 2 aromatic rings. The van der Waals surface area contributed by atoms with E-state index in [-0.39, 0.29) is 23.9 Å². The zero-order chi connectivity index (χ0) is 20.4. The number of aryl methyl sites for hydroxylation is 1. The van der Waals surface area contributed by atoms with E-state index in [0.717, 1.165) is 37.1 Å². The van der Waals surface area contributed by atoms with Crippen LogP contribution < -0.4 is 21.7 Å². The van der Waals surface area contributed by atoms with Crippen molar-refractivity contribution in [3.63, 3.8) is 0 Å². The molecule has 152 valence electrons. The van der Waals surface area contributed by atoms with Crippen molar-refractivity contribution in [2.24, 2.45) is 0 Å². The van der Waals surface area contributed by atoms with Crippen LogP contribution in [0.1, 0.15) is 48.5 Å². The fourth-order valence-corrected chi connectivity index (χ4v) is 4.22. The fraction of sp³-hybridized carbons (Fsp3) is 0.409. The van der Waals surface area contributed by atoms with Crippen LogP contribution in [-0.2, 0) is 16.0 Å². The quantitative estimate of drug-likeness (QED) is 0.614. The zero-order valence-electron chi connectivity index (χ0n) is 16.5. The number of carbonyl (C=O) groups is 2. The number of nitrogens with one attached hydrogen (secondary N) is 3. The number of pyridine rings is 1. The third-order valence-corrected chi connectivity index (χ3v) is 5.86. The maximum atomic E-state index is 12.6. The summed E-state index contributed by atoms with van der Waals surface area (Å²) in [5, 5.41) is 9.16. The first-order chi connectivity index (χ1) is 14.0. The lowest BCUT2D eigenvalue weighted by Crippen LogP contribution is -2.50. The molecule has 0 bridgehead atoms. The highest BCUT2D eigenvalue weighted by molar-refractivity contribution is 5.90. The van der Waals surface area contributed by atoms with Crippen molar-refractivity contribution < 1.29 is 9.59 Å². The summed E-state index contributed by atoms with van der Waals surface area (Å²) in [6, 6.07) is 12.9. The first-order valence-corrected chi connectivity index (χ1v) is 10.2. The number of benzene rings is 1. The van der Waals surface area contributed by atoms with Crippen LogP contribution in [0, 0.1) is 0 Å². The van der Waals surface area contributed by atoms with Gasteiger partial charge in [0.25, 0.3) is 0 Å². The maximum Gasteiger partial charge on any atom is 0.242 e. The largest absolute Gasteiger partial charge is 0.384 e. The summed E-state index contributed by atoms with van der Waals surface area (Å²) in [5.41, 5.74) is 8.91. The minimum atomic E-state index is -0.606. The van der Waals surface area contributed by atoms with Crippen LogP contribution in [-0.4, -0.2) is 35.4 Å². The van der Waals surface area contributed by atoms with Gasteiger partial charge in [0.05, 0.1) is 12.1 Å². The van der Waals surface area contributed by atoms with Crippen LogP contribution in [0.3, 0.4) is 0 Å². The van der Waals surface area contributed by atoms with Gasteiger partial charge < -0.3 is 21.7 Å². The van der Waals surface area contributed by atoms with E-state index in [9.17, 15) is 9.59 Å². The highest BCUT2D eigenvalue weighted by atomic mass is 16.2. The van der Waals surface area contributed by atoms with Crippen LogP contribution in [0.2, 0.25) is 0 Å². The topological polar surface area (TPSA) is 109 Å². The first-order valence-electron chi connectivity index (χ1n) is 10.2. The zero-order valence-corrected chi connectivity index (χ0v) is 16.5. The van der Waals surface area contributed by atoms with Gasteiger partial charge in [0.2, 0.25) is 11.8 Å². The monoisotopic (exact) mass is 393 g/mol. The predicted molar refractivity (Wildman–Crippen MR) is 111 cm³/mol. The Morgan fingerprint density at radius 2 is 2.00 bits per heavy atom. The molecule has 1 aromatic heterocycles. The van der Waals surface area contributed by atoms with E-state index < -0.39 is 6.04 Å². The molecule has 4 rings (SSSR count). The number of carbonyl (C=O) groups excluding carboxylic acids is 2. The van der Waals surface area contributed by atoms with Crippen LogP contribution >= 0.6 is 0 Å². The average Bonchev–Trinajstić information content (AvgIpc) is 3.36. The second-order valence-corrected chi connectivity index (χ2v) is 7.91. The number of nitrogen functional groups attached to an aromatic ring is 1. The molecule has 1 aromatic carbocycles. The van der Waals surface area contributed by atoms with Gasteiger partial charge >= 0.3 is 0 Å². The van der Waals surface area contributed by atoms with E-state index in [0.29, 0.717) is 11.7 Å². The van der Waals surface area contributed by atoms with Gasteiger partial charge in [-0.25, -0.2) is 4.98 Å². The predicted octanol–water partition coefficient (Wildman–Crippen LogP) is 1.42. The Hall–Kier alpha value is -2.93. The number of hydrogen-bond donors (Lipinski definition) is 4. The van der Waals surface area contributed by atoms with Gasteiger partial charge in [-0.2, -0.15) is 0 Å². The van der Waals surface area contributed by atoms with E-state index in [2.05, 4.69) is 33.1 Å². The Morgan fingerprint density at radius 3 is 2.79 bits per heavy atom. The van der Waals surface area contributed by atoms with E-state index >= 15 is 0 Å². The standard InChI is InChI=1S/C22H27N5O2/c1-13(21(28)27-18-9-8-17-16(18)7-10-20(23)26-17)25-22(29)19-11-15(12-24-19)14-5-3-2-4-6-14/h2-7,10,13,15,18-19,24H,8-9,11-12H2,1H3,(H2,23,26)(H,25,29)(H,27,28)/t13-,15-,18+,19+/m0/s1. The number of rotatable bonds is 5. The first kappa shape index (κ1) is 19.4. The molecule has 7 heteroatoms. The number of amides is 2. The summed E-state index contributed by atoms with van der Waals surface area (Å²) < 4.78 is 0. The minimum absolute atomic E-state index is 0.0861. The second kappa shape index (κ2) is 8.21. The number of fused-ring (bicyclic) bond motifs is 1. The highest BCUT2D eigenvalue weighted by Crippen LogP contribution is 2.30. The molecule has 2 heterocycles. The molecule has 2 amide bonds. The number of nitrogens with zero attached hydrogens (tertiary/aromatic N) is 1. The van der Waals surface area contributed by atoms with Crippen LogP contribution in [0.5, 0.6) is 0 Å². The van der Waals surface area contributed by atoms with E-state index in [4.69, 9.17) is 5.73 Å². The molecular weight excluding hydrogens is 366 g/mol. The number of nitrogens with two attached hydrogens (primary N) is 1. The smallest absolute Gasteiger partial charge is 0.242 e. The van der Waals surface area contributed by atoms with Crippen molar-refractivity contribution in [1.82, 2.24) is 20.9 Å². The Bertz CT molecular complexity index is 901. The lowest BCUT2D eigenvalue weighted by Gasteiger charge is -2.20. The minimum Gasteiger partial charge on any atom is -0.384 e. The van der Waals surface area contributed by atoms with Gasteiger partial charge in [-0.05, 0) is 49.3 Å². The van der Waals surface area contributed by atoms with Crippen LogP contribution in [0.15, 0.2) is 42.5 Å². The van der Waals surface area contributed by atoms with Crippen molar-refractivity contribution in [2.75, 3.05) is 12.3 Å². The van der Waals surface area contributed by atoms with Gasteiger partial charge in [0, 0.05) is 12.2 Å². The van der Waals surface area contributed by atoms with Crippen molar-refractivity contribution in [3.8, 4) is 0 Å². The molecule has 1 aliphatic heterocycles. The summed E-state index contributed by atoms with van der Waals surface area (Å²) in [4.78, 5) is 29.6. The molecule has 1 aliphatic carbocycles. The SMILES string of the molecule is C[C@H](NC(=O)[C@H]1C[C@H](c2ccccc2)CN1)C(=O)N[C@@H]1CCc2nc(N)ccc21. The summed E-state index contributed by atoms with van der Waals surface area (Å²) in [6.07, 6.45) is 2.31. The summed E-state index contributed by atoms with van der Waals surface area (Å²) >= 11 is 0. The fourth-order valence-electron chi connectivity index (χ4n) is 4.22. The van der Waals surface area contributed by atoms with Crippen molar-refractivity contribution in [2.45, 2.75) is 50.2 Å². The molecule has 0 spiro atoms. The maximum absolute atomic E-state index is 12.6. The molecule has 4 atom stereocenters. The molecule has 29 heavy (non-hydrogen) atoms. The third-order valence-electron chi connectivity index (χ3n) is 5.86. The van der Waals surface area contributed by atoms with Gasteiger partial charge in [0.15, 0.2) is 0 Å². The molecule has 0 saturated carbocycles. The molecule has 5 N–H and O–H groups in total. The van der Waals surface area contributed by atoms with Crippen molar-refractivity contribution in [1.29, 1.82) is 0 Å². The second-order valence-electron chi connectivity index (χ2n) is 7.91. The molecule has 0 radical (unpaired) electrons. The lowest BCUT2D eigenvalue weighted by molar-refractivity contribution is -0.129. The average molecular weight is 393 g/mol. The van der Waals surface area contributed by atoms with Crippen molar-refractivity contribution in [3.05, 3.63) is 59.3 Å². The molecular formula is C22H27N5O2.